The second-order valence-electron chi connectivity index (χ2n) is 8.27. The first-order valence-corrected chi connectivity index (χ1v) is 12.2. The van der Waals surface area contributed by atoms with Gasteiger partial charge in [0.05, 0.1) is 24.5 Å². The number of carbonyl (C=O) groups excluding carboxylic acids is 2. The molecule has 4 rings (SSSR count). The van der Waals surface area contributed by atoms with Gasteiger partial charge in [0.15, 0.2) is 0 Å². The molecule has 0 bridgehead atoms. The number of nitrogens with one attached hydrogen (secondary N) is 1. The molecule has 0 radical (unpaired) electrons. The Morgan fingerprint density at radius 1 is 1.20 bits per heavy atom. The Morgan fingerprint density at radius 2 is 1.97 bits per heavy atom. The molecular formula is C25H27N5O4S. The monoisotopic (exact) mass is 493 g/mol. The quantitative estimate of drug-likeness (QED) is 0.386. The maximum absolute atomic E-state index is 13.7. The van der Waals surface area contributed by atoms with E-state index in [0.29, 0.717) is 16.6 Å². The van der Waals surface area contributed by atoms with Crippen molar-refractivity contribution in [1.29, 1.82) is 0 Å². The summed E-state index contributed by atoms with van der Waals surface area (Å²) in [4.78, 5) is 44.3. The van der Waals surface area contributed by atoms with Gasteiger partial charge in [0.1, 0.15) is 22.3 Å². The fourth-order valence-electron chi connectivity index (χ4n) is 4.13. The first-order valence-electron chi connectivity index (χ1n) is 11.3. The van der Waals surface area contributed by atoms with E-state index in [1.807, 2.05) is 38.3 Å². The molecule has 1 aromatic carbocycles. The van der Waals surface area contributed by atoms with E-state index in [0.717, 1.165) is 22.3 Å². The van der Waals surface area contributed by atoms with E-state index in [9.17, 15) is 14.4 Å². The van der Waals surface area contributed by atoms with E-state index in [2.05, 4.69) is 21.5 Å². The van der Waals surface area contributed by atoms with Crippen molar-refractivity contribution in [2.24, 2.45) is 7.05 Å². The second-order valence-corrected chi connectivity index (χ2v) is 9.13. The number of benzene rings is 1. The summed E-state index contributed by atoms with van der Waals surface area (Å²) in [5, 5.41) is 9.24. The fraction of sp³-hybridized carbons (Fsp3) is 0.320. The molecule has 182 valence electrons. The normalized spacial score (nSPS) is 12.0. The number of fused-ring (bicyclic) bond motifs is 1. The maximum Gasteiger partial charge on any atom is 0.343 e. The molecule has 3 aromatic heterocycles. The molecule has 1 N–H and O–H groups in total. The second kappa shape index (κ2) is 9.83. The number of thiophene rings is 1. The predicted molar refractivity (Wildman–Crippen MR) is 136 cm³/mol. The zero-order valence-electron chi connectivity index (χ0n) is 20.3. The highest BCUT2D eigenvalue weighted by atomic mass is 32.1. The Labute approximate surface area is 206 Å². The van der Waals surface area contributed by atoms with E-state index >= 15 is 0 Å². The molecular weight excluding hydrogens is 466 g/mol. The van der Waals surface area contributed by atoms with Gasteiger partial charge in [0, 0.05) is 18.0 Å². The molecule has 9 nitrogen and oxygen atoms in total. The standard InChI is InChI=1S/C25H27N5O4S/c1-6-19(22(31)28-21-17(11-27-29(21)5)25(33)34-7-2)30-13-26-23-20(24(30)32)18(12-35-23)16-9-8-14(3)10-15(16)4/h8-13,19H,6-7H2,1-5H3,(H,28,31). The van der Waals surface area contributed by atoms with E-state index in [1.54, 1.807) is 14.0 Å². The summed E-state index contributed by atoms with van der Waals surface area (Å²) >= 11 is 1.40. The lowest BCUT2D eigenvalue weighted by Gasteiger charge is -2.18. The van der Waals surface area contributed by atoms with Gasteiger partial charge in [-0.05, 0) is 38.3 Å². The number of hydrogen-bond donors (Lipinski definition) is 1. The Balaban J connectivity index is 1.74. The zero-order chi connectivity index (χ0) is 25.3. The van der Waals surface area contributed by atoms with Crippen LogP contribution in [0.5, 0.6) is 0 Å². The summed E-state index contributed by atoms with van der Waals surface area (Å²) in [6.45, 7) is 7.75. The molecule has 0 saturated carbocycles. The van der Waals surface area contributed by atoms with E-state index in [4.69, 9.17) is 4.74 Å². The van der Waals surface area contributed by atoms with Crippen LogP contribution < -0.4 is 10.9 Å². The number of aromatic nitrogens is 4. The number of carbonyl (C=O) groups is 2. The Bertz CT molecular complexity index is 1480. The summed E-state index contributed by atoms with van der Waals surface area (Å²) in [5.41, 5.74) is 3.83. The molecule has 10 heteroatoms. The molecule has 0 aliphatic heterocycles. The van der Waals surface area contributed by atoms with Crippen LogP contribution in [0.25, 0.3) is 21.3 Å². The van der Waals surface area contributed by atoms with Gasteiger partial charge in [0.25, 0.3) is 5.56 Å². The molecule has 1 atom stereocenters. The highest BCUT2D eigenvalue weighted by Crippen LogP contribution is 2.33. The number of hydrogen-bond acceptors (Lipinski definition) is 7. The van der Waals surface area contributed by atoms with Crippen LogP contribution >= 0.6 is 11.3 Å². The zero-order valence-corrected chi connectivity index (χ0v) is 21.1. The Kier molecular flexibility index (Phi) is 6.83. The number of nitrogens with zero attached hydrogens (tertiary/aromatic N) is 4. The van der Waals surface area contributed by atoms with Crippen molar-refractivity contribution in [2.45, 2.75) is 40.2 Å². The van der Waals surface area contributed by atoms with Crippen molar-refractivity contribution >= 4 is 39.2 Å². The molecule has 1 unspecified atom stereocenters. The molecule has 1 amide bonds. The minimum absolute atomic E-state index is 0.147. The average Bonchev–Trinajstić information content (AvgIpc) is 3.40. The third-order valence-electron chi connectivity index (χ3n) is 5.89. The van der Waals surface area contributed by atoms with Crippen LogP contribution in [-0.2, 0) is 16.6 Å². The topological polar surface area (TPSA) is 108 Å². The van der Waals surface area contributed by atoms with Gasteiger partial charge in [-0.25, -0.2) is 9.78 Å². The summed E-state index contributed by atoms with van der Waals surface area (Å²) in [6.07, 6.45) is 3.10. The van der Waals surface area contributed by atoms with Gasteiger partial charge in [-0.3, -0.25) is 18.8 Å². The molecule has 3 heterocycles. The SMILES string of the molecule is CCOC(=O)c1cnn(C)c1NC(=O)C(CC)n1cnc2scc(-c3ccc(C)cc3C)c2c1=O. The van der Waals surface area contributed by atoms with Crippen molar-refractivity contribution in [2.75, 3.05) is 11.9 Å². The first-order chi connectivity index (χ1) is 16.8. The van der Waals surface area contributed by atoms with Crippen LogP contribution in [0.15, 0.2) is 40.9 Å². The van der Waals surface area contributed by atoms with Crippen LogP contribution in [0.4, 0.5) is 5.82 Å². The van der Waals surface area contributed by atoms with E-state index in [1.165, 1.54) is 33.1 Å². The first kappa shape index (κ1) is 24.3. The van der Waals surface area contributed by atoms with Crippen molar-refractivity contribution in [3.05, 3.63) is 63.1 Å². The fourth-order valence-corrected chi connectivity index (χ4v) is 5.03. The molecule has 35 heavy (non-hydrogen) atoms. The van der Waals surface area contributed by atoms with Crippen LogP contribution in [-0.4, -0.2) is 37.8 Å². The smallest absolute Gasteiger partial charge is 0.343 e. The van der Waals surface area contributed by atoms with Crippen molar-refractivity contribution in [3.63, 3.8) is 0 Å². The highest BCUT2D eigenvalue weighted by molar-refractivity contribution is 7.17. The summed E-state index contributed by atoms with van der Waals surface area (Å²) in [6, 6.07) is 5.26. The van der Waals surface area contributed by atoms with Crippen molar-refractivity contribution < 1.29 is 14.3 Å². The van der Waals surface area contributed by atoms with Gasteiger partial charge in [-0.15, -0.1) is 11.3 Å². The highest BCUT2D eigenvalue weighted by Gasteiger charge is 2.26. The van der Waals surface area contributed by atoms with Gasteiger partial charge in [-0.1, -0.05) is 30.7 Å². The molecule has 0 spiro atoms. The lowest BCUT2D eigenvalue weighted by molar-refractivity contribution is -0.119. The third-order valence-corrected chi connectivity index (χ3v) is 6.78. The lowest BCUT2D eigenvalue weighted by Crippen LogP contribution is -2.34. The Morgan fingerprint density at radius 3 is 2.66 bits per heavy atom. The largest absolute Gasteiger partial charge is 0.462 e. The summed E-state index contributed by atoms with van der Waals surface area (Å²) in [5.74, 6) is -0.825. The van der Waals surface area contributed by atoms with Crippen molar-refractivity contribution in [3.8, 4) is 11.1 Å². The average molecular weight is 494 g/mol. The molecule has 0 saturated heterocycles. The minimum Gasteiger partial charge on any atom is -0.462 e. The van der Waals surface area contributed by atoms with Gasteiger partial charge < -0.3 is 10.1 Å². The van der Waals surface area contributed by atoms with Crippen LogP contribution in [0.1, 0.15) is 47.8 Å². The number of amides is 1. The van der Waals surface area contributed by atoms with Crippen LogP contribution in [0.3, 0.4) is 0 Å². The summed E-state index contributed by atoms with van der Waals surface area (Å²) < 4.78 is 7.80. The molecule has 0 fully saturated rings. The molecule has 4 aromatic rings. The minimum atomic E-state index is -0.837. The van der Waals surface area contributed by atoms with Gasteiger partial charge >= 0.3 is 5.97 Å². The number of aryl methyl sites for hydroxylation is 3. The number of rotatable bonds is 7. The Hall–Kier alpha value is -3.79. The van der Waals surface area contributed by atoms with E-state index < -0.39 is 17.9 Å². The lowest BCUT2D eigenvalue weighted by atomic mass is 9.99. The van der Waals surface area contributed by atoms with Crippen molar-refractivity contribution in [1.82, 2.24) is 19.3 Å². The van der Waals surface area contributed by atoms with Crippen LogP contribution in [0.2, 0.25) is 0 Å². The number of anilines is 1. The third kappa shape index (κ3) is 4.49. The molecule has 0 aliphatic carbocycles. The maximum atomic E-state index is 13.7. The van der Waals surface area contributed by atoms with E-state index in [-0.39, 0.29) is 23.5 Å². The predicted octanol–water partition coefficient (Wildman–Crippen LogP) is 4.24. The van der Waals surface area contributed by atoms with Crippen LogP contribution in [0, 0.1) is 13.8 Å². The van der Waals surface area contributed by atoms with Gasteiger partial charge in [-0.2, -0.15) is 5.10 Å². The summed E-state index contributed by atoms with van der Waals surface area (Å²) in [7, 11) is 1.61. The number of ether oxygens (including phenoxy) is 1. The van der Waals surface area contributed by atoms with Gasteiger partial charge in [0.2, 0.25) is 5.91 Å². The number of esters is 1. The molecule has 0 aliphatic rings.